The summed E-state index contributed by atoms with van der Waals surface area (Å²) < 4.78 is 6.88. The van der Waals surface area contributed by atoms with Crippen molar-refractivity contribution in [2.45, 2.75) is 0 Å². The number of carbonyl (C=O) groups is 1. The monoisotopic (exact) mass is 352 g/mol. The Balaban J connectivity index is 1.47. The first-order valence-electron chi connectivity index (χ1n) is 8.48. The molecule has 4 rings (SSSR count). The molecule has 3 heterocycles. The largest absolute Gasteiger partial charge is 0.497 e. The van der Waals surface area contributed by atoms with Crippen LogP contribution in [0, 0.1) is 0 Å². The number of hydrogen-bond acceptors (Lipinski definition) is 6. The van der Waals surface area contributed by atoms with Crippen molar-refractivity contribution in [2.24, 2.45) is 7.05 Å². The van der Waals surface area contributed by atoms with Gasteiger partial charge in [-0.15, -0.1) is 0 Å². The predicted octanol–water partition coefficient (Wildman–Crippen LogP) is 1.33. The molecular formula is C18H20N6O2. The highest BCUT2D eigenvalue weighted by molar-refractivity contribution is 5.94. The number of aromatic nitrogens is 4. The fourth-order valence-corrected chi connectivity index (χ4v) is 3.24. The Morgan fingerprint density at radius 2 is 1.81 bits per heavy atom. The third kappa shape index (κ3) is 2.83. The maximum absolute atomic E-state index is 12.7. The summed E-state index contributed by atoms with van der Waals surface area (Å²) in [5, 5.41) is 5.20. The lowest BCUT2D eigenvalue weighted by atomic mass is 10.1. The first kappa shape index (κ1) is 16.3. The summed E-state index contributed by atoms with van der Waals surface area (Å²) in [6, 6.07) is 7.22. The summed E-state index contributed by atoms with van der Waals surface area (Å²) in [6.07, 6.45) is 3.35. The maximum Gasteiger partial charge on any atom is 0.253 e. The lowest BCUT2D eigenvalue weighted by molar-refractivity contribution is 0.0746. The van der Waals surface area contributed by atoms with Gasteiger partial charge in [0.05, 0.1) is 18.7 Å². The fourth-order valence-electron chi connectivity index (χ4n) is 3.24. The fraction of sp³-hybridized carbons (Fsp3) is 0.333. The normalized spacial score (nSPS) is 14.7. The minimum Gasteiger partial charge on any atom is -0.497 e. The highest BCUT2D eigenvalue weighted by Crippen LogP contribution is 2.23. The van der Waals surface area contributed by atoms with Crippen molar-refractivity contribution >= 4 is 22.8 Å². The van der Waals surface area contributed by atoms with Gasteiger partial charge in [0.1, 0.15) is 17.9 Å². The Kier molecular flexibility index (Phi) is 4.16. The van der Waals surface area contributed by atoms with E-state index in [4.69, 9.17) is 4.74 Å². The molecule has 1 aromatic carbocycles. The molecule has 8 heteroatoms. The Morgan fingerprint density at radius 1 is 1.08 bits per heavy atom. The zero-order valence-electron chi connectivity index (χ0n) is 14.8. The van der Waals surface area contributed by atoms with Crippen LogP contribution in [0.5, 0.6) is 5.75 Å². The molecular weight excluding hydrogens is 332 g/mol. The van der Waals surface area contributed by atoms with Gasteiger partial charge in [-0.1, -0.05) is 0 Å². The van der Waals surface area contributed by atoms with Gasteiger partial charge in [-0.05, 0) is 24.3 Å². The lowest BCUT2D eigenvalue weighted by Crippen LogP contribution is -2.49. The summed E-state index contributed by atoms with van der Waals surface area (Å²) in [5.41, 5.74) is 1.49. The lowest BCUT2D eigenvalue weighted by Gasteiger charge is -2.35. The molecule has 1 aliphatic rings. The summed E-state index contributed by atoms with van der Waals surface area (Å²) >= 11 is 0. The second-order valence-electron chi connectivity index (χ2n) is 6.21. The molecule has 0 saturated carbocycles. The number of carbonyl (C=O) groups excluding carboxylic acids is 1. The van der Waals surface area contributed by atoms with Crippen LogP contribution in [-0.4, -0.2) is 63.8 Å². The predicted molar refractivity (Wildman–Crippen MR) is 97.4 cm³/mol. The van der Waals surface area contributed by atoms with E-state index in [-0.39, 0.29) is 5.91 Å². The van der Waals surface area contributed by atoms with Crippen LogP contribution in [0.25, 0.3) is 11.0 Å². The number of ether oxygens (including phenoxy) is 1. The number of amides is 1. The molecule has 1 saturated heterocycles. The SMILES string of the molecule is COc1ccc(C(=O)N2CCN(c3ncnc4c3cnn4C)CC2)cc1. The molecule has 0 N–H and O–H groups in total. The molecule has 0 radical (unpaired) electrons. The van der Waals surface area contributed by atoms with Crippen molar-refractivity contribution in [3.8, 4) is 5.75 Å². The topological polar surface area (TPSA) is 76.4 Å². The number of methoxy groups -OCH3 is 1. The Morgan fingerprint density at radius 3 is 2.50 bits per heavy atom. The standard InChI is InChI=1S/C18H20N6O2/c1-22-16-15(11-21-22)17(20-12-19-16)23-7-9-24(10-8-23)18(25)13-3-5-14(26-2)6-4-13/h3-6,11-12H,7-10H2,1-2H3. The number of benzene rings is 1. The third-order valence-corrected chi connectivity index (χ3v) is 4.71. The molecule has 1 aliphatic heterocycles. The summed E-state index contributed by atoms with van der Waals surface area (Å²) in [7, 11) is 3.48. The van der Waals surface area contributed by atoms with E-state index in [1.807, 2.05) is 24.1 Å². The maximum atomic E-state index is 12.7. The highest BCUT2D eigenvalue weighted by atomic mass is 16.5. The zero-order valence-corrected chi connectivity index (χ0v) is 14.8. The average molecular weight is 352 g/mol. The van der Waals surface area contributed by atoms with Gasteiger partial charge in [0.15, 0.2) is 5.65 Å². The molecule has 3 aromatic rings. The van der Waals surface area contributed by atoms with Gasteiger partial charge in [0.25, 0.3) is 5.91 Å². The van der Waals surface area contributed by atoms with E-state index in [9.17, 15) is 4.79 Å². The Bertz CT molecular complexity index is 929. The van der Waals surface area contributed by atoms with Gasteiger partial charge in [-0.2, -0.15) is 5.10 Å². The zero-order chi connectivity index (χ0) is 18.1. The minimum atomic E-state index is 0.0431. The number of nitrogens with zero attached hydrogens (tertiary/aromatic N) is 6. The van der Waals surface area contributed by atoms with Gasteiger partial charge in [0.2, 0.25) is 0 Å². The van der Waals surface area contributed by atoms with E-state index in [2.05, 4.69) is 20.0 Å². The first-order chi connectivity index (χ1) is 12.7. The number of rotatable bonds is 3. The highest BCUT2D eigenvalue weighted by Gasteiger charge is 2.24. The van der Waals surface area contributed by atoms with Crippen molar-refractivity contribution in [1.29, 1.82) is 0 Å². The van der Waals surface area contributed by atoms with Crippen molar-refractivity contribution in [1.82, 2.24) is 24.6 Å². The summed E-state index contributed by atoms with van der Waals surface area (Å²) in [4.78, 5) is 25.5. The molecule has 134 valence electrons. The van der Waals surface area contributed by atoms with Crippen LogP contribution < -0.4 is 9.64 Å². The van der Waals surface area contributed by atoms with Gasteiger partial charge in [0, 0.05) is 38.8 Å². The molecule has 2 aromatic heterocycles. The Hall–Kier alpha value is -3.16. The van der Waals surface area contributed by atoms with Crippen LogP contribution in [0.15, 0.2) is 36.8 Å². The van der Waals surface area contributed by atoms with Gasteiger partial charge in [-0.3, -0.25) is 9.48 Å². The second kappa shape index (κ2) is 6.62. The number of hydrogen-bond donors (Lipinski definition) is 0. The van der Waals surface area contributed by atoms with Crippen molar-refractivity contribution in [3.05, 3.63) is 42.4 Å². The van der Waals surface area contributed by atoms with Crippen LogP contribution >= 0.6 is 0 Å². The number of piperazine rings is 1. The molecule has 0 spiro atoms. The number of aryl methyl sites for hydroxylation is 1. The molecule has 0 aliphatic carbocycles. The van der Waals surface area contributed by atoms with Crippen molar-refractivity contribution in [3.63, 3.8) is 0 Å². The van der Waals surface area contributed by atoms with Crippen LogP contribution in [0.4, 0.5) is 5.82 Å². The second-order valence-corrected chi connectivity index (χ2v) is 6.21. The molecule has 0 atom stereocenters. The molecule has 1 fully saturated rings. The smallest absolute Gasteiger partial charge is 0.253 e. The molecule has 0 bridgehead atoms. The van der Waals surface area contributed by atoms with E-state index >= 15 is 0 Å². The van der Waals surface area contributed by atoms with E-state index < -0.39 is 0 Å². The van der Waals surface area contributed by atoms with Crippen molar-refractivity contribution < 1.29 is 9.53 Å². The van der Waals surface area contributed by atoms with E-state index in [1.54, 1.807) is 36.4 Å². The van der Waals surface area contributed by atoms with Crippen LogP contribution in [0.2, 0.25) is 0 Å². The van der Waals surface area contributed by atoms with Gasteiger partial charge in [-0.25, -0.2) is 9.97 Å². The number of fused-ring (bicyclic) bond motifs is 1. The van der Waals surface area contributed by atoms with E-state index in [0.717, 1.165) is 35.7 Å². The van der Waals surface area contributed by atoms with Crippen molar-refractivity contribution in [2.75, 3.05) is 38.2 Å². The summed E-state index contributed by atoms with van der Waals surface area (Å²) in [5.74, 6) is 1.66. The van der Waals surface area contributed by atoms with Crippen LogP contribution in [0.1, 0.15) is 10.4 Å². The minimum absolute atomic E-state index is 0.0431. The van der Waals surface area contributed by atoms with Crippen LogP contribution in [0.3, 0.4) is 0 Å². The molecule has 8 nitrogen and oxygen atoms in total. The van der Waals surface area contributed by atoms with E-state index in [1.165, 1.54) is 0 Å². The molecule has 0 unspecified atom stereocenters. The van der Waals surface area contributed by atoms with E-state index in [0.29, 0.717) is 18.7 Å². The molecule has 26 heavy (non-hydrogen) atoms. The average Bonchev–Trinajstić information content (AvgIpc) is 3.09. The quantitative estimate of drug-likeness (QED) is 0.708. The Labute approximate surface area is 151 Å². The van der Waals surface area contributed by atoms with Gasteiger partial charge < -0.3 is 14.5 Å². The molecule has 1 amide bonds. The number of anilines is 1. The third-order valence-electron chi connectivity index (χ3n) is 4.71. The van der Waals surface area contributed by atoms with Crippen LogP contribution in [-0.2, 0) is 7.05 Å². The summed E-state index contributed by atoms with van der Waals surface area (Å²) in [6.45, 7) is 2.75. The first-order valence-corrected chi connectivity index (χ1v) is 8.48. The van der Waals surface area contributed by atoms with Gasteiger partial charge >= 0.3 is 0 Å².